The van der Waals surface area contributed by atoms with Gasteiger partial charge in [0.05, 0.1) is 24.2 Å². The number of ether oxygens (including phenoxy) is 1. The van der Waals surface area contributed by atoms with Crippen molar-refractivity contribution in [2.75, 3.05) is 29.0 Å². The highest BCUT2D eigenvalue weighted by Crippen LogP contribution is 2.38. The number of amides is 1. The van der Waals surface area contributed by atoms with Crippen LogP contribution in [0.3, 0.4) is 0 Å². The Kier molecular flexibility index (Phi) is 9.29. The van der Waals surface area contributed by atoms with Gasteiger partial charge in [0.2, 0.25) is 5.91 Å². The van der Waals surface area contributed by atoms with Crippen molar-refractivity contribution >= 4 is 44.5 Å². The average Bonchev–Trinajstić information content (AvgIpc) is 3.32. The van der Waals surface area contributed by atoms with Crippen molar-refractivity contribution in [1.29, 1.82) is 0 Å². The van der Waals surface area contributed by atoms with Crippen LogP contribution >= 0.6 is 0 Å². The third-order valence-corrected chi connectivity index (χ3v) is 9.52. The number of nitrogens with two attached hydrogens (primary N) is 1. The smallest absolute Gasteiger partial charge is 0.266 e. The Morgan fingerprint density at radius 2 is 1.75 bits per heavy atom. The van der Waals surface area contributed by atoms with Gasteiger partial charge in [-0.1, -0.05) is 37.5 Å². The Hall–Kier alpha value is -4.71. The molecule has 1 saturated carbocycles. The molecule has 1 aliphatic rings. The molecule has 3 N–H and O–H groups in total. The molecule has 0 saturated heterocycles. The number of hydrogen-bond acceptors (Lipinski definition) is 8. The van der Waals surface area contributed by atoms with Gasteiger partial charge in [0, 0.05) is 25.2 Å². The Balaban J connectivity index is 1.55. The lowest BCUT2D eigenvalue weighted by Gasteiger charge is -2.31. The molecule has 1 aromatic heterocycles. The van der Waals surface area contributed by atoms with E-state index >= 15 is 0 Å². The van der Waals surface area contributed by atoms with Gasteiger partial charge in [0.25, 0.3) is 10.0 Å². The van der Waals surface area contributed by atoms with Gasteiger partial charge in [-0.2, -0.15) is 5.10 Å². The van der Waals surface area contributed by atoms with Crippen LogP contribution in [0.2, 0.25) is 0 Å². The zero-order valence-electron chi connectivity index (χ0n) is 25.1. The number of sulfonamides is 1. The van der Waals surface area contributed by atoms with Crippen molar-refractivity contribution in [2.45, 2.75) is 50.8 Å². The number of aryl methyl sites for hydroxylation is 1. The van der Waals surface area contributed by atoms with Crippen LogP contribution in [0.1, 0.15) is 44.7 Å². The Morgan fingerprint density at radius 1 is 1.05 bits per heavy atom. The molecule has 44 heavy (non-hydrogen) atoms. The van der Waals surface area contributed by atoms with Crippen LogP contribution in [0.5, 0.6) is 5.75 Å². The Bertz CT molecular complexity index is 1750. The molecule has 1 heterocycles. The number of benzene rings is 3. The molecule has 0 unspecified atom stereocenters. The monoisotopic (exact) mass is 615 g/mol. The number of aromatic nitrogens is 2. The fourth-order valence-corrected chi connectivity index (χ4v) is 7.08. The minimum atomic E-state index is -4.12. The van der Waals surface area contributed by atoms with Gasteiger partial charge in [-0.15, -0.1) is 10.2 Å². The number of hydrogen-bond donors (Lipinski definition) is 2. The molecule has 0 atom stereocenters. The molecule has 12 heteroatoms. The molecule has 0 radical (unpaired) electrons. The maximum absolute atomic E-state index is 14.5. The fraction of sp³-hybridized carbons (Fsp3) is 0.312. The summed E-state index contributed by atoms with van der Waals surface area (Å²) in [5.74, 6) is 0.718. The van der Waals surface area contributed by atoms with Gasteiger partial charge in [0.1, 0.15) is 16.3 Å². The molecule has 230 valence electrons. The van der Waals surface area contributed by atoms with Gasteiger partial charge >= 0.3 is 0 Å². The van der Waals surface area contributed by atoms with E-state index in [-0.39, 0.29) is 28.2 Å². The molecular weight excluding hydrogens is 578 g/mol. The molecule has 1 amide bonds. The highest BCUT2D eigenvalue weighted by atomic mass is 32.2. The third kappa shape index (κ3) is 6.75. The lowest BCUT2D eigenvalue weighted by molar-refractivity contribution is -0.114. The second-order valence-electron chi connectivity index (χ2n) is 10.9. The van der Waals surface area contributed by atoms with Gasteiger partial charge in [-0.25, -0.2) is 13.1 Å². The molecule has 11 nitrogen and oxygen atoms in total. The fourth-order valence-electron chi connectivity index (χ4n) is 5.43. The molecule has 5 rings (SSSR count). The predicted molar refractivity (Wildman–Crippen MR) is 172 cm³/mol. The van der Waals surface area contributed by atoms with Crippen molar-refractivity contribution in [1.82, 2.24) is 9.78 Å². The van der Waals surface area contributed by atoms with E-state index in [2.05, 4.69) is 20.6 Å². The summed E-state index contributed by atoms with van der Waals surface area (Å²) in [6, 6.07) is 20.9. The zero-order chi connectivity index (χ0) is 31.3. The van der Waals surface area contributed by atoms with Crippen molar-refractivity contribution in [3.63, 3.8) is 0 Å². The van der Waals surface area contributed by atoms with E-state index < -0.39 is 10.0 Å². The third-order valence-electron chi connectivity index (χ3n) is 7.68. The summed E-state index contributed by atoms with van der Waals surface area (Å²) in [5, 5.41) is 16.1. The minimum Gasteiger partial charge on any atom is -0.497 e. The van der Waals surface area contributed by atoms with E-state index in [0.717, 1.165) is 37.8 Å². The van der Waals surface area contributed by atoms with Gasteiger partial charge in [0.15, 0.2) is 11.5 Å². The molecule has 0 spiro atoms. The van der Waals surface area contributed by atoms with E-state index in [9.17, 15) is 13.2 Å². The molecule has 1 fully saturated rings. The molecule has 0 bridgehead atoms. The maximum Gasteiger partial charge on any atom is 0.266 e. The first-order valence-corrected chi connectivity index (χ1v) is 16.0. The number of para-hydroxylation sites is 1. The van der Waals surface area contributed by atoms with E-state index in [1.165, 1.54) is 24.4 Å². The number of carbonyl (C=O) groups excluding carboxylic acids is 1. The minimum absolute atomic E-state index is 0.0181. The number of nitrogens with one attached hydrogen (secondary N) is 1. The Morgan fingerprint density at radius 3 is 2.41 bits per heavy atom. The SMILES string of the molecule is COc1ccc(S(=O)(=O)N(CC2CCCCC2)c2ccc(NC(C)=O)cc2)c(N=Nc2c(C)nn(-c3ccccc3)c2N)c1. The van der Waals surface area contributed by atoms with Crippen LogP contribution in [-0.2, 0) is 14.8 Å². The number of nitrogen functional groups attached to an aromatic ring is 1. The van der Waals surface area contributed by atoms with Gasteiger partial charge < -0.3 is 15.8 Å². The van der Waals surface area contributed by atoms with Crippen molar-refractivity contribution in [3.8, 4) is 11.4 Å². The zero-order valence-corrected chi connectivity index (χ0v) is 25.9. The lowest BCUT2D eigenvalue weighted by Crippen LogP contribution is -2.36. The molecule has 0 aliphatic heterocycles. The van der Waals surface area contributed by atoms with Gasteiger partial charge in [-0.3, -0.25) is 9.10 Å². The number of anilines is 3. The van der Waals surface area contributed by atoms with Crippen molar-refractivity contribution in [2.24, 2.45) is 16.1 Å². The summed E-state index contributed by atoms with van der Waals surface area (Å²) in [6.07, 6.45) is 5.20. The van der Waals surface area contributed by atoms with Crippen LogP contribution in [0.25, 0.3) is 5.69 Å². The standard InChI is InChI=1S/C32H37N7O4S/c1-22-31(32(33)39(37-22)27-12-8-5-9-13-27)36-35-29-20-28(43-3)18-19-30(29)44(41,42)38(21-24-10-6-4-7-11-24)26-16-14-25(15-17-26)34-23(2)40/h5,8-9,12-20,24H,4,6-7,10-11,21,33H2,1-3H3,(H,34,40). The number of nitrogens with zero attached hydrogens (tertiary/aromatic N) is 5. The summed E-state index contributed by atoms with van der Waals surface area (Å²) in [6.45, 7) is 3.51. The topological polar surface area (TPSA) is 144 Å². The summed E-state index contributed by atoms with van der Waals surface area (Å²) in [4.78, 5) is 11.5. The number of rotatable bonds is 10. The highest BCUT2D eigenvalue weighted by Gasteiger charge is 2.31. The number of azo groups is 1. The van der Waals surface area contributed by atoms with Gasteiger partial charge in [-0.05, 0) is 74.2 Å². The lowest BCUT2D eigenvalue weighted by atomic mass is 9.89. The van der Waals surface area contributed by atoms with E-state index in [1.54, 1.807) is 48.0 Å². The predicted octanol–water partition coefficient (Wildman–Crippen LogP) is 6.92. The first kappa shape index (κ1) is 30.7. The first-order valence-electron chi connectivity index (χ1n) is 14.6. The van der Waals surface area contributed by atoms with Crippen LogP contribution in [0.4, 0.5) is 28.6 Å². The van der Waals surface area contributed by atoms with Crippen LogP contribution in [-0.4, -0.2) is 37.8 Å². The van der Waals surface area contributed by atoms with E-state index in [1.807, 2.05) is 30.3 Å². The summed E-state index contributed by atoms with van der Waals surface area (Å²) in [5.41, 5.74) is 9.25. The molecule has 1 aliphatic carbocycles. The van der Waals surface area contributed by atoms with E-state index in [0.29, 0.717) is 35.1 Å². The molecule has 3 aromatic carbocycles. The largest absolute Gasteiger partial charge is 0.497 e. The second kappa shape index (κ2) is 13.3. The molecular formula is C32H37N7O4S. The van der Waals surface area contributed by atoms with Crippen LogP contribution in [0, 0.1) is 12.8 Å². The number of methoxy groups -OCH3 is 1. The quantitative estimate of drug-likeness (QED) is 0.185. The maximum atomic E-state index is 14.5. The van der Waals surface area contributed by atoms with Crippen molar-refractivity contribution in [3.05, 3.63) is 78.5 Å². The first-order chi connectivity index (χ1) is 21.2. The van der Waals surface area contributed by atoms with Crippen molar-refractivity contribution < 1.29 is 17.9 Å². The number of carbonyl (C=O) groups is 1. The normalized spacial score (nSPS) is 14.1. The summed E-state index contributed by atoms with van der Waals surface area (Å²) >= 11 is 0. The highest BCUT2D eigenvalue weighted by molar-refractivity contribution is 7.93. The summed E-state index contributed by atoms with van der Waals surface area (Å²) < 4.78 is 37.4. The van der Waals surface area contributed by atoms with Crippen LogP contribution < -0.4 is 20.1 Å². The summed E-state index contributed by atoms with van der Waals surface area (Å²) in [7, 11) is -2.62. The Labute approximate surface area is 257 Å². The van der Waals surface area contributed by atoms with Crippen LogP contribution in [0.15, 0.2) is 87.9 Å². The molecule has 4 aromatic rings. The van der Waals surface area contributed by atoms with E-state index in [4.69, 9.17) is 10.5 Å². The average molecular weight is 616 g/mol. The second-order valence-corrected chi connectivity index (χ2v) is 12.7.